The van der Waals surface area contributed by atoms with Crippen molar-refractivity contribution in [3.8, 4) is 11.4 Å². The van der Waals surface area contributed by atoms with Gasteiger partial charge in [0.1, 0.15) is 5.82 Å². The number of nitrogens with zero attached hydrogens (tertiary/aromatic N) is 3. The van der Waals surface area contributed by atoms with E-state index in [9.17, 15) is 18.3 Å². The van der Waals surface area contributed by atoms with Crippen LogP contribution in [0.4, 0.5) is 19.0 Å². The topological polar surface area (TPSA) is 70.9 Å². The largest absolute Gasteiger partial charge is 0.433 e. The monoisotopic (exact) mass is 380 g/mol. The fourth-order valence-electron chi connectivity index (χ4n) is 3.42. The predicted molar refractivity (Wildman–Crippen MR) is 96.0 cm³/mol. The van der Waals surface area contributed by atoms with Gasteiger partial charge < -0.3 is 10.4 Å². The maximum Gasteiger partial charge on any atom is 0.433 e. The lowest BCUT2D eigenvalue weighted by Gasteiger charge is -2.27. The number of hydrogen-bond acceptors (Lipinski definition) is 5. The molecule has 1 fully saturated rings. The number of pyridine rings is 1. The Labute approximate surface area is 156 Å². The van der Waals surface area contributed by atoms with Gasteiger partial charge in [0.15, 0.2) is 11.5 Å². The minimum Gasteiger partial charge on any atom is -0.393 e. The van der Waals surface area contributed by atoms with Crippen LogP contribution in [0.15, 0.2) is 30.6 Å². The SMILES string of the molecule is OC1CCCCC1CCCNc1cc(C(F)(F)F)nc(-c2ccncc2)n1. The van der Waals surface area contributed by atoms with Crippen molar-refractivity contribution in [2.75, 3.05) is 11.9 Å². The summed E-state index contributed by atoms with van der Waals surface area (Å²) in [6, 6.07) is 4.08. The molecule has 8 heteroatoms. The first-order valence-electron chi connectivity index (χ1n) is 9.22. The Morgan fingerprint density at radius 1 is 1.11 bits per heavy atom. The van der Waals surface area contributed by atoms with E-state index in [-0.39, 0.29) is 23.7 Å². The average molecular weight is 380 g/mol. The summed E-state index contributed by atoms with van der Waals surface area (Å²) >= 11 is 0. The molecule has 27 heavy (non-hydrogen) atoms. The standard InChI is InChI=1S/C19H23F3N4O/c20-19(21,22)16-12-17(26-18(25-16)14-7-10-23-11-8-14)24-9-3-5-13-4-1-2-6-15(13)27/h7-8,10-13,15,27H,1-6,9H2,(H,24,25,26). The van der Waals surface area contributed by atoms with E-state index in [0.29, 0.717) is 12.1 Å². The third-order valence-electron chi connectivity index (χ3n) is 4.88. The molecular formula is C19H23F3N4O. The number of halogens is 3. The second kappa shape index (κ2) is 8.65. The molecule has 5 nitrogen and oxygen atoms in total. The highest BCUT2D eigenvalue weighted by Gasteiger charge is 2.33. The second-order valence-corrected chi connectivity index (χ2v) is 6.88. The van der Waals surface area contributed by atoms with Crippen molar-refractivity contribution in [3.63, 3.8) is 0 Å². The number of hydrogen-bond donors (Lipinski definition) is 2. The fraction of sp³-hybridized carbons (Fsp3) is 0.526. The summed E-state index contributed by atoms with van der Waals surface area (Å²) in [6.07, 6.45) is 3.83. The molecule has 0 radical (unpaired) electrons. The number of anilines is 1. The highest BCUT2D eigenvalue weighted by molar-refractivity contribution is 5.57. The summed E-state index contributed by atoms with van der Waals surface area (Å²) in [5.74, 6) is 0.440. The van der Waals surface area contributed by atoms with Crippen molar-refractivity contribution < 1.29 is 18.3 Å². The highest BCUT2D eigenvalue weighted by atomic mass is 19.4. The van der Waals surface area contributed by atoms with Crippen molar-refractivity contribution in [2.45, 2.75) is 50.8 Å². The van der Waals surface area contributed by atoms with Gasteiger partial charge in [-0.2, -0.15) is 13.2 Å². The van der Waals surface area contributed by atoms with Crippen LogP contribution in [0.1, 0.15) is 44.2 Å². The van der Waals surface area contributed by atoms with Gasteiger partial charge in [-0.25, -0.2) is 9.97 Å². The van der Waals surface area contributed by atoms with Crippen LogP contribution in [0.3, 0.4) is 0 Å². The highest BCUT2D eigenvalue weighted by Crippen LogP contribution is 2.31. The summed E-state index contributed by atoms with van der Waals surface area (Å²) in [4.78, 5) is 11.7. The van der Waals surface area contributed by atoms with Crippen LogP contribution < -0.4 is 5.32 Å². The van der Waals surface area contributed by atoms with Crippen molar-refractivity contribution in [1.29, 1.82) is 0 Å². The lowest BCUT2D eigenvalue weighted by molar-refractivity contribution is -0.141. The molecular weight excluding hydrogens is 357 g/mol. The van der Waals surface area contributed by atoms with E-state index >= 15 is 0 Å². The lowest BCUT2D eigenvalue weighted by Crippen LogP contribution is -2.24. The average Bonchev–Trinajstić information content (AvgIpc) is 2.66. The first-order valence-corrected chi connectivity index (χ1v) is 9.22. The van der Waals surface area contributed by atoms with Crippen LogP contribution in [-0.4, -0.2) is 32.7 Å². The van der Waals surface area contributed by atoms with Crippen LogP contribution in [0.2, 0.25) is 0 Å². The van der Waals surface area contributed by atoms with E-state index in [0.717, 1.165) is 44.6 Å². The first kappa shape index (κ1) is 19.5. The van der Waals surface area contributed by atoms with E-state index in [1.807, 2.05) is 0 Å². The molecule has 2 atom stereocenters. The van der Waals surface area contributed by atoms with Gasteiger partial charge in [0.2, 0.25) is 0 Å². The third kappa shape index (κ3) is 5.38. The molecule has 2 heterocycles. The maximum absolute atomic E-state index is 13.2. The van der Waals surface area contributed by atoms with Gasteiger partial charge in [-0.15, -0.1) is 0 Å². The molecule has 3 rings (SSSR count). The molecule has 0 aromatic carbocycles. The van der Waals surface area contributed by atoms with Crippen molar-refractivity contribution >= 4 is 5.82 Å². The van der Waals surface area contributed by atoms with Crippen LogP contribution in [0, 0.1) is 5.92 Å². The molecule has 2 aromatic rings. The molecule has 1 saturated carbocycles. The first-order chi connectivity index (χ1) is 12.9. The molecule has 0 spiro atoms. The van der Waals surface area contributed by atoms with Crippen molar-refractivity contribution in [1.82, 2.24) is 15.0 Å². The Morgan fingerprint density at radius 3 is 2.56 bits per heavy atom. The number of aromatic nitrogens is 3. The molecule has 2 aromatic heterocycles. The maximum atomic E-state index is 13.2. The molecule has 0 amide bonds. The Morgan fingerprint density at radius 2 is 1.85 bits per heavy atom. The van der Waals surface area contributed by atoms with Gasteiger partial charge in [-0.1, -0.05) is 12.8 Å². The summed E-state index contributed by atoms with van der Waals surface area (Å²) in [7, 11) is 0. The lowest BCUT2D eigenvalue weighted by atomic mass is 9.83. The van der Waals surface area contributed by atoms with E-state index in [4.69, 9.17) is 0 Å². The van der Waals surface area contributed by atoms with Gasteiger partial charge in [-0.05, 0) is 43.7 Å². The van der Waals surface area contributed by atoms with E-state index in [2.05, 4.69) is 20.3 Å². The van der Waals surface area contributed by atoms with Crippen LogP contribution in [0.25, 0.3) is 11.4 Å². The summed E-state index contributed by atoms with van der Waals surface area (Å²) in [5.41, 5.74) is -0.501. The van der Waals surface area contributed by atoms with Gasteiger partial charge in [-0.3, -0.25) is 4.98 Å². The smallest absolute Gasteiger partial charge is 0.393 e. The van der Waals surface area contributed by atoms with Crippen LogP contribution in [0.5, 0.6) is 0 Å². The van der Waals surface area contributed by atoms with E-state index < -0.39 is 11.9 Å². The molecule has 146 valence electrons. The molecule has 1 aliphatic rings. The van der Waals surface area contributed by atoms with E-state index in [1.165, 1.54) is 12.4 Å². The Hall–Kier alpha value is -2.22. The van der Waals surface area contributed by atoms with Gasteiger partial charge in [0, 0.05) is 30.6 Å². The number of nitrogens with one attached hydrogen (secondary N) is 1. The molecule has 2 unspecified atom stereocenters. The zero-order valence-electron chi connectivity index (χ0n) is 14.9. The number of rotatable bonds is 6. The third-order valence-corrected chi connectivity index (χ3v) is 4.88. The minimum absolute atomic E-state index is 0.0115. The number of aliphatic hydroxyl groups is 1. The molecule has 0 saturated heterocycles. The van der Waals surface area contributed by atoms with Crippen molar-refractivity contribution in [2.24, 2.45) is 5.92 Å². The quantitative estimate of drug-likeness (QED) is 0.731. The Balaban J connectivity index is 1.67. The molecule has 2 N–H and O–H groups in total. The van der Waals surface area contributed by atoms with E-state index in [1.54, 1.807) is 12.1 Å². The summed E-state index contributed by atoms with van der Waals surface area (Å²) < 4.78 is 39.5. The van der Waals surface area contributed by atoms with Gasteiger partial charge in [0.05, 0.1) is 6.10 Å². The summed E-state index contributed by atoms with van der Waals surface area (Å²) in [6.45, 7) is 0.493. The normalized spacial score (nSPS) is 20.4. The Bertz CT molecular complexity index is 739. The van der Waals surface area contributed by atoms with Gasteiger partial charge >= 0.3 is 6.18 Å². The minimum atomic E-state index is -4.55. The number of aliphatic hydroxyl groups excluding tert-OH is 1. The summed E-state index contributed by atoms with van der Waals surface area (Å²) in [5, 5.41) is 13.0. The van der Waals surface area contributed by atoms with Crippen LogP contribution >= 0.6 is 0 Å². The number of alkyl halides is 3. The van der Waals surface area contributed by atoms with Crippen molar-refractivity contribution in [3.05, 3.63) is 36.3 Å². The fourth-order valence-corrected chi connectivity index (χ4v) is 3.42. The van der Waals surface area contributed by atoms with Crippen LogP contribution in [-0.2, 0) is 6.18 Å². The molecule has 0 bridgehead atoms. The Kier molecular flexibility index (Phi) is 6.26. The zero-order chi connectivity index (χ0) is 19.3. The zero-order valence-corrected chi connectivity index (χ0v) is 14.9. The van der Waals surface area contributed by atoms with Gasteiger partial charge in [0.25, 0.3) is 0 Å². The molecule has 0 aliphatic heterocycles. The second-order valence-electron chi connectivity index (χ2n) is 6.88. The predicted octanol–water partition coefficient (Wildman–Crippen LogP) is 4.30. The molecule has 1 aliphatic carbocycles.